The van der Waals surface area contributed by atoms with Crippen molar-refractivity contribution in [2.24, 2.45) is 5.92 Å². The minimum Gasteiger partial charge on any atom is -0.388 e. The molecule has 2 unspecified atom stereocenters. The summed E-state index contributed by atoms with van der Waals surface area (Å²) in [5.41, 5.74) is -0.889. The Hall–Kier alpha value is -1.14. The lowest BCUT2D eigenvalue weighted by Gasteiger charge is -2.29. The second-order valence-corrected chi connectivity index (χ2v) is 5.94. The lowest BCUT2D eigenvalue weighted by Crippen LogP contribution is -2.44. The molecule has 108 valence electrons. The van der Waals surface area contributed by atoms with E-state index in [1.54, 1.807) is 13.1 Å². The highest BCUT2D eigenvalue weighted by molar-refractivity contribution is 7.17. The summed E-state index contributed by atoms with van der Waals surface area (Å²) in [7, 11) is 0. The molecule has 1 heterocycles. The summed E-state index contributed by atoms with van der Waals surface area (Å²) in [6.07, 6.45) is 2.42. The molecule has 0 bridgehead atoms. The van der Waals surface area contributed by atoms with Crippen LogP contribution in [0.1, 0.15) is 43.8 Å². The third-order valence-corrected chi connectivity index (χ3v) is 4.29. The third-order valence-electron chi connectivity index (χ3n) is 3.34. The number of rotatable bonds is 7. The molecule has 0 aliphatic rings. The number of carbonyl (C=O) groups excluding carboxylic acids is 1. The molecule has 0 radical (unpaired) electrons. The molecule has 6 heteroatoms. The maximum atomic E-state index is 11.9. The van der Waals surface area contributed by atoms with E-state index >= 15 is 0 Å². The first kappa shape index (κ1) is 15.9. The van der Waals surface area contributed by atoms with Crippen molar-refractivity contribution in [3.63, 3.8) is 0 Å². The fourth-order valence-corrected chi connectivity index (χ4v) is 2.37. The molecule has 0 fully saturated rings. The average molecular weight is 285 g/mol. The van der Waals surface area contributed by atoms with E-state index < -0.39 is 5.60 Å². The molecule has 19 heavy (non-hydrogen) atoms. The molecular weight excluding hydrogens is 262 g/mol. The topological polar surface area (TPSA) is 74.2 Å². The van der Waals surface area contributed by atoms with Gasteiger partial charge in [0, 0.05) is 13.1 Å². The van der Waals surface area contributed by atoms with Crippen LogP contribution in [0.2, 0.25) is 0 Å². The van der Waals surface area contributed by atoms with Gasteiger partial charge in [0.15, 0.2) is 5.13 Å². The summed E-state index contributed by atoms with van der Waals surface area (Å²) in [6, 6.07) is 0. The highest BCUT2D eigenvalue weighted by Gasteiger charge is 2.27. The van der Waals surface area contributed by atoms with E-state index in [-0.39, 0.29) is 18.4 Å². The van der Waals surface area contributed by atoms with Crippen molar-refractivity contribution < 1.29 is 9.90 Å². The summed E-state index contributed by atoms with van der Waals surface area (Å²) in [6.45, 7) is 8.74. The number of aromatic nitrogens is 1. The Morgan fingerprint density at radius 2 is 2.26 bits per heavy atom. The number of anilines is 1. The molecule has 0 aliphatic heterocycles. The normalized spacial score (nSPS) is 15.6. The van der Waals surface area contributed by atoms with Gasteiger partial charge < -0.3 is 15.7 Å². The first-order chi connectivity index (χ1) is 8.90. The molecule has 1 amide bonds. The van der Waals surface area contributed by atoms with Gasteiger partial charge >= 0.3 is 0 Å². The Morgan fingerprint density at radius 3 is 2.84 bits per heavy atom. The molecule has 0 saturated carbocycles. The first-order valence-electron chi connectivity index (χ1n) is 6.61. The molecule has 1 rings (SSSR count). The smallest absolute Gasteiger partial charge is 0.263 e. The zero-order valence-corrected chi connectivity index (χ0v) is 12.8. The zero-order chi connectivity index (χ0) is 14.5. The summed E-state index contributed by atoms with van der Waals surface area (Å²) in [4.78, 5) is 16.6. The molecule has 0 aliphatic carbocycles. The number of amides is 1. The van der Waals surface area contributed by atoms with Crippen LogP contribution in [0.25, 0.3) is 0 Å². The number of nitrogens with zero attached hydrogens (tertiary/aromatic N) is 1. The minimum absolute atomic E-state index is 0.131. The van der Waals surface area contributed by atoms with Gasteiger partial charge in [-0.25, -0.2) is 4.98 Å². The molecule has 3 N–H and O–H groups in total. The fraction of sp³-hybridized carbons (Fsp3) is 0.692. The zero-order valence-electron chi connectivity index (χ0n) is 12.0. The third kappa shape index (κ3) is 4.47. The number of hydrogen-bond donors (Lipinski definition) is 3. The number of carbonyl (C=O) groups is 1. The molecule has 0 saturated heterocycles. The summed E-state index contributed by atoms with van der Waals surface area (Å²) >= 11 is 1.31. The molecule has 0 aromatic carbocycles. The van der Waals surface area contributed by atoms with Crippen LogP contribution in [0.3, 0.4) is 0 Å². The fourth-order valence-electron chi connectivity index (χ4n) is 1.57. The van der Waals surface area contributed by atoms with E-state index in [0.717, 1.165) is 18.1 Å². The van der Waals surface area contributed by atoms with Gasteiger partial charge in [-0.1, -0.05) is 31.6 Å². The maximum Gasteiger partial charge on any atom is 0.263 e. The number of thiazole rings is 1. The number of aliphatic hydroxyl groups is 1. The summed E-state index contributed by atoms with van der Waals surface area (Å²) < 4.78 is 0. The van der Waals surface area contributed by atoms with Crippen LogP contribution in [0.5, 0.6) is 0 Å². The highest BCUT2D eigenvalue weighted by Crippen LogP contribution is 2.20. The second-order valence-electron chi connectivity index (χ2n) is 4.91. The van der Waals surface area contributed by atoms with E-state index in [1.165, 1.54) is 11.3 Å². The maximum absolute atomic E-state index is 11.9. The van der Waals surface area contributed by atoms with Gasteiger partial charge in [-0.3, -0.25) is 4.79 Å². The summed E-state index contributed by atoms with van der Waals surface area (Å²) in [5, 5.41) is 16.8. The van der Waals surface area contributed by atoms with Crippen LogP contribution in [0, 0.1) is 5.92 Å². The van der Waals surface area contributed by atoms with E-state index in [9.17, 15) is 9.90 Å². The lowest BCUT2D eigenvalue weighted by atomic mass is 9.89. The average Bonchev–Trinajstić information content (AvgIpc) is 2.84. The first-order valence-corrected chi connectivity index (χ1v) is 7.42. The van der Waals surface area contributed by atoms with Crippen LogP contribution < -0.4 is 10.6 Å². The van der Waals surface area contributed by atoms with Crippen molar-refractivity contribution in [2.75, 3.05) is 18.4 Å². The number of hydrogen-bond acceptors (Lipinski definition) is 5. The molecule has 1 aromatic heterocycles. The molecule has 5 nitrogen and oxygen atoms in total. The van der Waals surface area contributed by atoms with Crippen LogP contribution in [-0.4, -0.2) is 34.7 Å². The van der Waals surface area contributed by atoms with Gasteiger partial charge in [0.1, 0.15) is 4.88 Å². The van der Waals surface area contributed by atoms with Gasteiger partial charge in [-0.05, 0) is 19.8 Å². The van der Waals surface area contributed by atoms with Gasteiger partial charge in [0.25, 0.3) is 5.91 Å². The molecule has 0 spiro atoms. The van der Waals surface area contributed by atoms with E-state index in [2.05, 4.69) is 15.6 Å². The highest BCUT2D eigenvalue weighted by atomic mass is 32.1. The van der Waals surface area contributed by atoms with Crippen LogP contribution >= 0.6 is 11.3 Å². The Morgan fingerprint density at radius 1 is 1.58 bits per heavy atom. The van der Waals surface area contributed by atoms with Crippen molar-refractivity contribution >= 4 is 22.4 Å². The van der Waals surface area contributed by atoms with Crippen molar-refractivity contribution in [2.45, 2.75) is 39.7 Å². The van der Waals surface area contributed by atoms with Gasteiger partial charge in [0.2, 0.25) is 0 Å². The minimum atomic E-state index is -0.889. The van der Waals surface area contributed by atoms with Crippen LogP contribution in [-0.2, 0) is 0 Å². The predicted octanol–water partition coefficient (Wildman–Crippen LogP) is 2.10. The summed E-state index contributed by atoms with van der Waals surface area (Å²) in [5.74, 6) is -0.0585. The molecule has 2 atom stereocenters. The SMILES string of the molecule is CCNc1ncc(C(=O)NCC(C)(O)C(C)CC)s1. The standard InChI is InChI=1S/C13H23N3O2S/c1-5-9(3)13(4,18)8-16-11(17)10-7-15-12(19-10)14-6-2/h7,9,18H,5-6,8H2,1-4H3,(H,14,15)(H,16,17). The Bertz CT molecular complexity index is 418. The van der Waals surface area contributed by atoms with E-state index in [1.807, 2.05) is 20.8 Å². The van der Waals surface area contributed by atoms with Crippen LogP contribution in [0.4, 0.5) is 5.13 Å². The van der Waals surface area contributed by atoms with E-state index in [4.69, 9.17) is 0 Å². The van der Waals surface area contributed by atoms with Gasteiger partial charge in [-0.2, -0.15) is 0 Å². The largest absolute Gasteiger partial charge is 0.388 e. The van der Waals surface area contributed by atoms with Gasteiger partial charge in [-0.15, -0.1) is 0 Å². The predicted molar refractivity (Wildman–Crippen MR) is 78.7 cm³/mol. The van der Waals surface area contributed by atoms with Crippen molar-refractivity contribution in [3.05, 3.63) is 11.1 Å². The van der Waals surface area contributed by atoms with Gasteiger partial charge in [0.05, 0.1) is 11.8 Å². The Labute approximate surface area is 118 Å². The quantitative estimate of drug-likeness (QED) is 0.717. The number of nitrogens with one attached hydrogen (secondary N) is 2. The lowest BCUT2D eigenvalue weighted by molar-refractivity contribution is 0.00596. The van der Waals surface area contributed by atoms with Crippen molar-refractivity contribution in [1.82, 2.24) is 10.3 Å². The van der Waals surface area contributed by atoms with Crippen molar-refractivity contribution in [1.29, 1.82) is 0 Å². The second kappa shape index (κ2) is 6.86. The van der Waals surface area contributed by atoms with Crippen LogP contribution in [0.15, 0.2) is 6.20 Å². The van der Waals surface area contributed by atoms with E-state index in [0.29, 0.717) is 4.88 Å². The van der Waals surface area contributed by atoms with Crippen molar-refractivity contribution in [3.8, 4) is 0 Å². The Kier molecular flexibility index (Phi) is 5.75. The molecule has 1 aromatic rings. The monoisotopic (exact) mass is 285 g/mol. The molecular formula is C13H23N3O2S. The Balaban J connectivity index is 2.55.